The molecule has 1 rings (SSSR count). The summed E-state index contributed by atoms with van der Waals surface area (Å²) in [7, 11) is 0. The molecule has 0 aromatic heterocycles. The van der Waals surface area contributed by atoms with Crippen molar-refractivity contribution >= 4 is 5.97 Å². The van der Waals surface area contributed by atoms with Crippen LogP contribution in [0.5, 0.6) is 0 Å². The summed E-state index contributed by atoms with van der Waals surface area (Å²) in [5.41, 5.74) is 0. The zero-order valence-corrected chi connectivity index (χ0v) is 10.1. The van der Waals surface area contributed by atoms with Crippen molar-refractivity contribution in [1.82, 2.24) is 0 Å². The van der Waals surface area contributed by atoms with Gasteiger partial charge in [0.1, 0.15) is 0 Å². The molecular weight excluding hydrogens is 188 g/mol. The Bertz CT molecular complexity index is 256. The molecule has 0 bridgehead atoms. The summed E-state index contributed by atoms with van der Waals surface area (Å²) in [4.78, 5) is 11.4. The van der Waals surface area contributed by atoms with Gasteiger partial charge in [-0.1, -0.05) is 33.6 Å². The van der Waals surface area contributed by atoms with Gasteiger partial charge < -0.3 is 5.11 Å². The van der Waals surface area contributed by atoms with E-state index in [-0.39, 0.29) is 5.92 Å². The molecule has 0 saturated heterocycles. The zero-order valence-electron chi connectivity index (χ0n) is 12.1. The van der Waals surface area contributed by atoms with E-state index in [9.17, 15) is 4.79 Å². The van der Waals surface area contributed by atoms with Crippen molar-refractivity contribution < 1.29 is 11.3 Å². The summed E-state index contributed by atoms with van der Waals surface area (Å²) >= 11 is 0. The Morgan fingerprint density at radius 2 is 2.00 bits per heavy atom. The average Bonchev–Trinajstić information content (AvgIpc) is 2.27. The van der Waals surface area contributed by atoms with Gasteiger partial charge in [0.2, 0.25) is 0 Å². The highest BCUT2D eigenvalue weighted by molar-refractivity contribution is 5.69. The molecule has 1 aliphatic carbocycles. The van der Waals surface area contributed by atoms with Gasteiger partial charge in [0.05, 0.1) is 5.89 Å². The van der Waals surface area contributed by atoms with E-state index < -0.39 is 11.9 Å². The molecule has 0 aromatic carbocycles. The molecule has 2 heteroatoms. The van der Waals surface area contributed by atoms with Gasteiger partial charge in [0.25, 0.3) is 1.43 Å². The molecule has 88 valence electrons. The third kappa shape index (κ3) is 3.84. The Balaban J connectivity index is 2.48. The molecule has 1 N–H and O–H groups in total. The zero-order chi connectivity index (χ0) is 13.1. The molecule has 0 radical (unpaired) electrons. The second kappa shape index (κ2) is 5.53. The molecular formula is C13H24O2. The summed E-state index contributed by atoms with van der Waals surface area (Å²) in [6.07, 6.45) is 5.26. The number of carboxylic acids is 1. The Morgan fingerprint density at radius 3 is 2.47 bits per heavy atom. The number of aliphatic carboxylic acids is 1. The first-order valence-electron chi connectivity index (χ1n) is 6.96. The molecule has 1 unspecified atom stereocenters. The van der Waals surface area contributed by atoms with Crippen LogP contribution < -0.4 is 0 Å². The monoisotopic (exact) mass is 214 g/mol. The fourth-order valence-corrected chi connectivity index (χ4v) is 2.66. The second-order valence-electron chi connectivity index (χ2n) is 5.32. The smallest absolute Gasteiger partial charge is 0.306 e. The Labute approximate surface area is 96.0 Å². The maximum atomic E-state index is 11.4. The van der Waals surface area contributed by atoms with E-state index in [0.717, 1.165) is 37.5 Å². The molecule has 0 spiro atoms. The van der Waals surface area contributed by atoms with Gasteiger partial charge in [-0.05, 0) is 37.0 Å². The van der Waals surface area contributed by atoms with Gasteiger partial charge >= 0.3 is 5.97 Å². The maximum Gasteiger partial charge on any atom is 0.306 e. The van der Waals surface area contributed by atoms with Crippen LogP contribution in [0.4, 0.5) is 0 Å². The van der Waals surface area contributed by atoms with Crippen molar-refractivity contribution in [3.05, 3.63) is 0 Å². The van der Waals surface area contributed by atoms with Crippen LogP contribution >= 0.6 is 0 Å². The van der Waals surface area contributed by atoms with Gasteiger partial charge in [-0.2, -0.15) is 0 Å². The van der Waals surface area contributed by atoms with E-state index in [1.165, 1.54) is 6.42 Å². The maximum absolute atomic E-state index is 11.4. The Kier molecular flexibility index (Phi) is 3.57. The molecule has 0 aliphatic heterocycles. The quantitative estimate of drug-likeness (QED) is 0.777. The van der Waals surface area contributed by atoms with E-state index in [4.69, 9.17) is 2.80 Å². The third-order valence-corrected chi connectivity index (χ3v) is 3.59. The minimum atomic E-state index is -1.25. The van der Waals surface area contributed by atoms with Crippen LogP contribution in [0.1, 0.15) is 54.2 Å². The molecule has 0 aromatic rings. The lowest BCUT2D eigenvalue weighted by molar-refractivity contribution is -0.143. The van der Waals surface area contributed by atoms with Crippen molar-refractivity contribution in [1.29, 1.82) is 1.43 Å². The summed E-state index contributed by atoms with van der Waals surface area (Å²) < 4.78 is 14.7. The van der Waals surface area contributed by atoms with E-state index in [2.05, 4.69) is 19.0 Å². The number of carbonyl (C=O) groups is 1. The largest absolute Gasteiger partial charge is 0.481 e. The predicted molar refractivity (Wildman–Crippen MR) is 61.7 cm³/mol. The van der Waals surface area contributed by atoms with Crippen LogP contribution in [0.2, 0.25) is 0 Å². The Morgan fingerprint density at radius 1 is 1.40 bits per heavy atom. The van der Waals surface area contributed by atoms with Crippen LogP contribution in [0, 0.1) is 23.6 Å². The van der Waals surface area contributed by atoms with Gasteiger partial charge in [0, 0.05) is 1.37 Å². The van der Waals surface area contributed by atoms with Crippen LogP contribution in [0.3, 0.4) is 0 Å². The average molecular weight is 214 g/mol. The summed E-state index contributed by atoms with van der Waals surface area (Å²) in [6.45, 7) is 6.05. The molecule has 1 atom stereocenters. The van der Waals surface area contributed by atoms with Crippen molar-refractivity contribution in [2.45, 2.75) is 52.9 Å². The molecule has 1 saturated carbocycles. The van der Waals surface area contributed by atoms with Gasteiger partial charge in [0.15, 0.2) is 0 Å². The number of hydrogen-bond acceptors (Lipinski definition) is 2. The lowest BCUT2D eigenvalue weighted by Crippen LogP contribution is -2.25. The SMILES string of the molecule is [2H]OC(=O)C([2H])(C)C1CCC(CC(C)C)CC1. The fourth-order valence-electron chi connectivity index (χ4n) is 2.66. The minimum Gasteiger partial charge on any atom is -0.481 e. The topological polar surface area (TPSA) is 37.3 Å². The highest BCUT2D eigenvalue weighted by atomic mass is 16.4. The van der Waals surface area contributed by atoms with E-state index in [1.54, 1.807) is 6.92 Å². The summed E-state index contributed by atoms with van der Waals surface area (Å²) in [5, 5.41) is 3.98. The molecule has 1 fully saturated rings. The standard InChI is InChI=1S/C13H24O2/c1-9(2)8-11-4-6-12(7-5-11)10(3)13(14)15/h9-12H,4-8H2,1-3H3,(H,14,15)/i10D/hD. The normalized spacial score (nSPS) is 32.8. The molecule has 15 heavy (non-hydrogen) atoms. The first-order valence-corrected chi connectivity index (χ1v) is 6.05. The van der Waals surface area contributed by atoms with Crippen LogP contribution in [-0.4, -0.2) is 11.1 Å². The highest BCUT2D eigenvalue weighted by Gasteiger charge is 2.28. The minimum absolute atomic E-state index is 0.0452. The second-order valence-corrected chi connectivity index (χ2v) is 5.32. The van der Waals surface area contributed by atoms with Gasteiger partial charge in [-0.15, -0.1) is 0 Å². The van der Waals surface area contributed by atoms with Crippen molar-refractivity contribution in [2.24, 2.45) is 23.6 Å². The first kappa shape index (κ1) is 9.68. The molecule has 0 heterocycles. The van der Waals surface area contributed by atoms with Gasteiger partial charge in [-0.25, -0.2) is 0 Å². The number of hydrogen-bond donors (Lipinski definition) is 1. The fraction of sp³-hybridized carbons (Fsp3) is 0.923. The van der Waals surface area contributed by atoms with Crippen LogP contribution in [0.15, 0.2) is 0 Å². The molecule has 0 amide bonds. The summed E-state index contributed by atoms with van der Waals surface area (Å²) in [5.74, 6) is -0.454. The third-order valence-electron chi connectivity index (χ3n) is 3.59. The molecule has 1 aliphatic rings. The molecule has 2 nitrogen and oxygen atoms in total. The predicted octanol–water partition coefficient (Wildman–Crippen LogP) is 3.56. The number of carboxylic acid groups (broad SMARTS) is 1. The first-order chi connectivity index (χ1) is 7.87. The van der Waals surface area contributed by atoms with Crippen LogP contribution in [0.25, 0.3) is 1.43 Å². The van der Waals surface area contributed by atoms with Crippen molar-refractivity contribution in [3.8, 4) is 0 Å². The van der Waals surface area contributed by atoms with E-state index >= 15 is 0 Å². The summed E-state index contributed by atoms with van der Waals surface area (Å²) in [6, 6.07) is 0. The van der Waals surface area contributed by atoms with Crippen molar-refractivity contribution in [2.75, 3.05) is 0 Å². The highest BCUT2D eigenvalue weighted by Crippen LogP contribution is 2.36. The lowest BCUT2D eigenvalue weighted by atomic mass is 9.74. The van der Waals surface area contributed by atoms with E-state index in [1.807, 2.05) is 0 Å². The van der Waals surface area contributed by atoms with Crippen LogP contribution in [-0.2, 0) is 4.79 Å². The Hall–Kier alpha value is -0.530. The van der Waals surface area contributed by atoms with Gasteiger partial charge in [-0.3, -0.25) is 4.79 Å². The van der Waals surface area contributed by atoms with E-state index in [0.29, 0.717) is 0 Å². The van der Waals surface area contributed by atoms with Crippen molar-refractivity contribution in [3.63, 3.8) is 0 Å². The number of rotatable bonds is 4. The lowest BCUT2D eigenvalue weighted by Gasteiger charge is -2.31.